The molecule has 0 radical (unpaired) electrons. The van der Waals surface area contributed by atoms with Gasteiger partial charge in [-0.15, -0.1) is 11.3 Å². The Labute approximate surface area is 333 Å². The molecule has 2 atom stereocenters. The van der Waals surface area contributed by atoms with Crippen molar-refractivity contribution in [3.63, 3.8) is 0 Å². The molecule has 0 bridgehead atoms. The molecule has 3 aliphatic rings. The molecule has 18 heteroatoms. The number of alkyl halides is 6. The van der Waals surface area contributed by atoms with Gasteiger partial charge in [-0.25, -0.2) is 4.39 Å². The van der Waals surface area contributed by atoms with Crippen LogP contribution in [0.2, 0.25) is 0 Å². The number of hydrogen-bond acceptors (Lipinski definition) is 8. The molecule has 3 aromatic rings. The van der Waals surface area contributed by atoms with Crippen molar-refractivity contribution in [3.8, 4) is 17.6 Å². The minimum absolute atomic E-state index is 0.0189. The molecule has 58 heavy (non-hydrogen) atoms. The number of ether oxygens (including phenoxy) is 2. The number of amides is 2. The van der Waals surface area contributed by atoms with Crippen molar-refractivity contribution < 1.29 is 59.7 Å². The summed E-state index contributed by atoms with van der Waals surface area (Å²) in [5.41, 5.74) is -6.40. The van der Waals surface area contributed by atoms with E-state index in [0.717, 1.165) is 41.1 Å². The van der Waals surface area contributed by atoms with Crippen LogP contribution in [0.15, 0.2) is 48.0 Å². The number of benzene rings is 1. The Balaban J connectivity index is 1.32. The third kappa shape index (κ3) is 8.06. The fourth-order valence-corrected chi connectivity index (χ4v) is 9.11. The largest absolute Gasteiger partial charge is 0.490 e. The van der Waals surface area contributed by atoms with Crippen molar-refractivity contribution in [3.05, 3.63) is 75.5 Å². The Morgan fingerprint density at radius 2 is 1.72 bits per heavy atom. The number of rotatable bonds is 12. The van der Waals surface area contributed by atoms with Crippen LogP contribution in [-0.4, -0.2) is 75.6 Å². The lowest BCUT2D eigenvalue weighted by molar-refractivity contribution is -0.161. The van der Waals surface area contributed by atoms with E-state index in [1.807, 2.05) is 0 Å². The lowest BCUT2D eigenvalue weighted by atomic mass is 9.67. The molecule has 1 saturated carbocycles. The number of carbonyl (C=O) groups is 3. The molecule has 1 aromatic carbocycles. The SMILES string of the molecule is CCC[C@H]1N(C(=O)c2ncccc2C(F)(F)F)CCC[C@@]1(Oc1csc(C(F)(F)F)c1)C(=O)N1CCC(C#N)(c2cccc(F)c2OCCC2(C(=O)O)CCC2)CC1. The van der Waals surface area contributed by atoms with Crippen molar-refractivity contribution >= 4 is 29.1 Å². The van der Waals surface area contributed by atoms with Gasteiger partial charge in [-0.1, -0.05) is 31.9 Å². The Bertz CT molecular complexity index is 2050. The summed E-state index contributed by atoms with van der Waals surface area (Å²) >= 11 is 0.332. The molecule has 3 fully saturated rings. The third-order valence-electron chi connectivity index (χ3n) is 11.7. The van der Waals surface area contributed by atoms with Gasteiger partial charge in [0.15, 0.2) is 11.6 Å². The molecular formula is C40H41F7N4O6S. The predicted molar refractivity (Wildman–Crippen MR) is 194 cm³/mol. The van der Waals surface area contributed by atoms with Gasteiger partial charge in [0.1, 0.15) is 16.3 Å². The third-order valence-corrected chi connectivity index (χ3v) is 12.7. The smallest absolute Gasteiger partial charge is 0.425 e. The number of carboxylic acid groups (broad SMARTS) is 1. The average molecular weight is 839 g/mol. The summed E-state index contributed by atoms with van der Waals surface area (Å²) in [6.07, 6.45) is -6.71. The van der Waals surface area contributed by atoms with Gasteiger partial charge in [-0.2, -0.15) is 31.6 Å². The fourth-order valence-electron chi connectivity index (χ4n) is 8.43. The Hall–Kier alpha value is -4.92. The second-order valence-corrected chi connectivity index (χ2v) is 16.0. The minimum atomic E-state index is -4.95. The van der Waals surface area contributed by atoms with Crippen LogP contribution >= 0.6 is 11.3 Å². The van der Waals surface area contributed by atoms with E-state index in [1.54, 1.807) is 6.92 Å². The number of halogens is 7. The summed E-state index contributed by atoms with van der Waals surface area (Å²) in [6.45, 7) is 1.24. The summed E-state index contributed by atoms with van der Waals surface area (Å²) in [4.78, 5) is 46.2. The van der Waals surface area contributed by atoms with Gasteiger partial charge in [-0.3, -0.25) is 19.4 Å². The van der Waals surface area contributed by atoms with E-state index in [2.05, 4.69) is 11.1 Å². The van der Waals surface area contributed by atoms with Crippen LogP contribution in [0.4, 0.5) is 30.7 Å². The quantitative estimate of drug-likeness (QED) is 0.179. The molecule has 312 valence electrons. The minimum Gasteiger partial charge on any atom is -0.490 e. The topological polar surface area (TPSA) is 133 Å². The van der Waals surface area contributed by atoms with E-state index in [9.17, 15) is 46.3 Å². The van der Waals surface area contributed by atoms with Crippen LogP contribution in [0.25, 0.3) is 0 Å². The van der Waals surface area contributed by atoms with E-state index < -0.39 is 74.6 Å². The number of nitriles is 1. The van der Waals surface area contributed by atoms with E-state index >= 15 is 9.18 Å². The zero-order valence-corrected chi connectivity index (χ0v) is 32.2. The molecule has 6 rings (SSSR count). The van der Waals surface area contributed by atoms with Gasteiger partial charge in [-0.05, 0) is 63.1 Å². The van der Waals surface area contributed by atoms with Crippen molar-refractivity contribution in [2.75, 3.05) is 26.2 Å². The molecule has 2 aromatic heterocycles. The van der Waals surface area contributed by atoms with Crippen molar-refractivity contribution in [2.45, 2.75) is 101 Å². The molecule has 2 saturated heterocycles. The highest BCUT2D eigenvalue weighted by atomic mass is 32.1. The Kier molecular flexibility index (Phi) is 12.1. The van der Waals surface area contributed by atoms with E-state index in [-0.39, 0.29) is 81.8 Å². The Morgan fingerprint density at radius 3 is 2.31 bits per heavy atom. The van der Waals surface area contributed by atoms with E-state index in [1.165, 1.54) is 17.0 Å². The van der Waals surface area contributed by atoms with Crippen molar-refractivity contribution in [1.29, 1.82) is 5.26 Å². The fraction of sp³-hybridized carbons (Fsp3) is 0.525. The zero-order chi connectivity index (χ0) is 42.1. The molecular weight excluding hydrogens is 798 g/mol. The zero-order valence-electron chi connectivity index (χ0n) is 31.4. The summed E-state index contributed by atoms with van der Waals surface area (Å²) < 4.78 is 111. The highest BCUT2D eigenvalue weighted by Crippen LogP contribution is 2.47. The summed E-state index contributed by atoms with van der Waals surface area (Å²) in [5, 5.41) is 21.4. The van der Waals surface area contributed by atoms with E-state index in [0.29, 0.717) is 36.7 Å². The first-order chi connectivity index (χ1) is 27.4. The lowest BCUT2D eigenvalue weighted by Crippen LogP contribution is -2.68. The van der Waals surface area contributed by atoms with Gasteiger partial charge in [0, 0.05) is 49.3 Å². The molecule has 2 amide bonds. The van der Waals surface area contributed by atoms with Crippen LogP contribution in [0.1, 0.15) is 97.6 Å². The van der Waals surface area contributed by atoms with Gasteiger partial charge >= 0.3 is 18.3 Å². The number of carbonyl (C=O) groups excluding carboxylic acids is 2. The monoisotopic (exact) mass is 838 g/mol. The molecule has 1 N–H and O–H groups in total. The average Bonchev–Trinajstić information content (AvgIpc) is 3.65. The van der Waals surface area contributed by atoms with Gasteiger partial charge in [0.05, 0.1) is 35.1 Å². The van der Waals surface area contributed by atoms with Gasteiger partial charge < -0.3 is 24.4 Å². The first kappa shape index (κ1) is 42.7. The maximum Gasteiger partial charge on any atom is 0.425 e. The van der Waals surface area contributed by atoms with Crippen LogP contribution in [0.3, 0.4) is 0 Å². The molecule has 2 aliphatic heterocycles. The maximum absolute atomic E-state index is 15.4. The number of hydrogen-bond donors (Lipinski definition) is 1. The van der Waals surface area contributed by atoms with Crippen molar-refractivity contribution in [1.82, 2.24) is 14.8 Å². The van der Waals surface area contributed by atoms with Gasteiger partial charge in [0.25, 0.3) is 11.8 Å². The highest BCUT2D eigenvalue weighted by molar-refractivity contribution is 7.10. The lowest BCUT2D eigenvalue weighted by Gasteiger charge is -2.51. The van der Waals surface area contributed by atoms with Crippen LogP contribution in [0.5, 0.6) is 11.5 Å². The molecule has 10 nitrogen and oxygen atoms in total. The highest BCUT2D eigenvalue weighted by Gasteiger charge is 2.57. The van der Waals surface area contributed by atoms with Crippen molar-refractivity contribution in [2.24, 2.45) is 5.41 Å². The number of piperidine rings is 2. The molecule has 0 unspecified atom stereocenters. The summed E-state index contributed by atoms with van der Waals surface area (Å²) in [6, 6.07) is 7.59. The number of likely N-dealkylation sites (tertiary alicyclic amines) is 2. The number of aliphatic carboxylic acids is 1. The molecule has 1 aliphatic carbocycles. The second-order valence-electron chi connectivity index (χ2n) is 15.1. The Morgan fingerprint density at radius 1 is 1.00 bits per heavy atom. The second kappa shape index (κ2) is 16.4. The van der Waals surface area contributed by atoms with Crippen LogP contribution < -0.4 is 9.47 Å². The predicted octanol–water partition coefficient (Wildman–Crippen LogP) is 8.65. The number of pyridine rings is 1. The first-order valence-electron chi connectivity index (χ1n) is 18.9. The number of para-hydroxylation sites is 1. The molecule has 0 spiro atoms. The summed E-state index contributed by atoms with van der Waals surface area (Å²) in [5.74, 6) is -4.11. The number of nitrogens with zero attached hydrogens (tertiary/aromatic N) is 4. The molecule has 4 heterocycles. The standard InChI is InChI=1S/C40H41F7N4O6S/c1-2-7-29-38(57-25-22-30(58-23-25)40(45,46)47,13-6-18-51(29)33(52)31-26(39(42,43)44)9-4-17-49-31)34(53)50-19-14-37(24-48,15-20-50)27-8-3-10-28(41)32(27)56-21-16-36(35(54)55)11-5-12-36/h3-4,8-10,17,22-23,29H,2,5-7,11-16,18-21H2,1H3,(H,54,55)/t29-,38+/m1/s1. The first-order valence-corrected chi connectivity index (χ1v) is 19.8. The van der Waals surface area contributed by atoms with Crippen LogP contribution in [-0.2, 0) is 27.4 Å². The van der Waals surface area contributed by atoms with E-state index in [4.69, 9.17) is 9.47 Å². The number of thiophene rings is 1. The van der Waals surface area contributed by atoms with Crippen LogP contribution in [0, 0.1) is 22.6 Å². The summed E-state index contributed by atoms with van der Waals surface area (Å²) in [7, 11) is 0. The maximum atomic E-state index is 15.4. The number of carboxylic acids is 1. The van der Waals surface area contributed by atoms with Gasteiger partial charge in [0.2, 0.25) is 5.60 Å². The normalized spacial score (nSPS) is 21.7. The number of aromatic nitrogens is 1.